The topological polar surface area (TPSA) is 79.2 Å². The van der Waals surface area contributed by atoms with E-state index in [1.807, 2.05) is 0 Å². The molecule has 1 aliphatic rings. The quantitative estimate of drug-likeness (QED) is 0.482. The molecule has 5 atom stereocenters. The van der Waals surface area contributed by atoms with Crippen molar-refractivity contribution in [1.82, 2.24) is 0 Å². The van der Waals surface area contributed by atoms with Crippen molar-refractivity contribution < 1.29 is 24.8 Å². The van der Waals surface area contributed by atoms with Gasteiger partial charge < -0.3 is 24.8 Å². The largest absolute Gasteiger partial charge is 0.388 e. The summed E-state index contributed by atoms with van der Waals surface area (Å²) in [5.74, 6) is 0.253. The van der Waals surface area contributed by atoms with E-state index in [4.69, 9.17) is 9.47 Å². The molecular weight excluding hydrogens is 220 g/mol. The third-order valence-electron chi connectivity index (χ3n) is 2.25. The highest BCUT2D eigenvalue weighted by atomic mass is 32.1. The van der Waals surface area contributed by atoms with Gasteiger partial charge in [-0.05, 0) is 13.8 Å². The Morgan fingerprint density at radius 2 is 1.80 bits per heavy atom. The van der Waals surface area contributed by atoms with Crippen LogP contribution in [0.1, 0.15) is 13.8 Å². The smallest absolute Gasteiger partial charge is 0.186 e. The first-order valence-corrected chi connectivity index (χ1v) is 5.56. The molecule has 5 nitrogen and oxygen atoms in total. The van der Waals surface area contributed by atoms with Crippen molar-refractivity contribution in [2.24, 2.45) is 0 Å². The van der Waals surface area contributed by atoms with Gasteiger partial charge in [0, 0.05) is 5.75 Å². The first-order valence-electron chi connectivity index (χ1n) is 4.93. The molecule has 3 N–H and O–H groups in total. The first-order chi connectivity index (χ1) is 6.97. The Morgan fingerprint density at radius 1 is 1.20 bits per heavy atom. The van der Waals surface area contributed by atoms with E-state index in [-0.39, 0.29) is 11.9 Å². The van der Waals surface area contributed by atoms with E-state index in [9.17, 15) is 15.3 Å². The highest BCUT2D eigenvalue weighted by Gasteiger charge is 2.43. The minimum Gasteiger partial charge on any atom is -0.388 e. The molecule has 90 valence electrons. The van der Waals surface area contributed by atoms with Gasteiger partial charge in [0.05, 0.1) is 12.2 Å². The van der Waals surface area contributed by atoms with Crippen molar-refractivity contribution in [1.29, 1.82) is 0 Å². The Morgan fingerprint density at radius 3 is 2.27 bits per heavy atom. The molecule has 1 rings (SSSR count). The van der Waals surface area contributed by atoms with Gasteiger partial charge in [-0.3, -0.25) is 0 Å². The van der Waals surface area contributed by atoms with Crippen LogP contribution in [0.5, 0.6) is 0 Å². The number of rotatable bonds is 3. The predicted octanol–water partition coefficient (Wildman–Crippen LogP) is -0.851. The zero-order valence-corrected chi connectivity index (χ0v) is 9.67. The molecule has 0 bridgehead atoms. The maximum absolute atomic E-state index is 9.59. The number of aliphatic hydroxyl groups excluding tert-OH is 3. The second-order valence-corrected chi connectivity index (χ2v) is 4.25. The Labute approximate surface area is 94.4 Å². The molecule has 1 aliphatic heterocycles. The molecule has 0 spiro atoms. The predicted molar refractivity (Wildman–Crippen MR) is 56.8 cm³/mol. The molecule has 15 heavy (non-hydrogen) atoms. The van der Waals surface area contributed by atoms with E-state index < -0.39 is 30.7 Å². The van der Waals surface area contributed by atoms with Gasteiger partial charge >= 0.3 is 0 Å². The molecule has 0 aromatic rings. The molecular formula is C9H18O5S. The average molecular weight is 238 g/mol. The zero-order valence-electron chi connectivity index (χ0n) is 8.78. The fraction of sp³-hybridized carbons (Fsp3) is 1.00. The molecule has 0 aromatic carbocycles. The summed E-state index contributed by atoms with van der Waals surface area (Å²) >= 11 is 3.99. The van der Waals surface area contributed by atoms with E-state index in [2.05, 4.69) is 12.6 Å². The summed E-state index contributed by atoms with van der Waals surface area (Å²) in [4.78, 5) is 0. The van der Waals surface area contributed by atoms with Crippen LogP contribution in [0.15, 0.2) is 0 Å². The van der Waals surface area contributed by atoms with Crippen LogP contribution in [-0.4, -0.2) is 57.9 Å². The Kier molecular flexibility index (Phi) is 4.82. The second kappa shape index (κ2) is 5.47. The number of hydrogen-bond donors (Lipinski definition) is 4. The van der Waals surface area contributed by atoms with Gasteiger partial charge in [0.2, 0.25) is 0 Å². The van der Waals surface area contributed by atoms with Gasteiger partial charge in [-0.2, -0.15) is 12.6 Å². The lowest BCUT2D eigenvalue weighted by Crippen LogP contribution is -2.59. The summed E-state index contributed by atoms with van der Waals surface area (Å²) in [6.07, 6.45) is -5.31. The lowest BCUT2D eigenvalue weighted by Gasteiger charge is -2.40. The fourth-order valence-electron chi connectivity index (χ4n) is 1.45. The molecule has 0 saturated carbocycles. The summed E-state index contributed by atoms with van der Waals surface area (Å²) in [6, 6.07) is 0. The minimum atomic E-state index is -1.26. The SMILES string of the molecule is CC(C)O[C@@H]1O[C@@H](CS)[C@@H](O)[C@@H](O)[C@@H]1O. The third-order valence-corrected chi connectivity index (χ3v) is 2.61. The Bertz CT molecular complexity index is 199. The van der Waals surface area contributed by atoms with Crippen molar-refractivity contribution in [2.45, 2.75) is 50.7 Å². The van der Waals surface area contributed by atoms with Gasteiger partial charge in [0.1, 0.15) is 18.3 Å². The number of ether oxygens (including phenoxy) is 2. The lowest BCUT2D eigenvalue weighted by atomic mass is 10.00. The third kappa shape index (κ3) is 3.05. The number of aliphatic hydroxyl groups is 3. The molecule has 6 heteroatoms. The summed E-state index contributed by atoms with van der Waals surface area (Å²) in [6.45, 7) is 3.59. The van der Waals surface area contributed by atoms with Crippen molar-refractivity contribution in [3.05, 3.63) is 0 Å². The Hall–Kier alpha value is 0.150. The molecule has 0 radical (unpaired) electrons. The van der Waals surface area contributed by atoms with Crippen LogP contribution < -0.4 is 0 Å². The fourth-order valence-corrected chi connectivity index (χ4v) is 1.75. The van der Waals surface area contributed by atoms with Crippen LogP contribution in [0.2, 0.25) is 0 Å². The van der Waals surface area contributed by atoms with Gasteiger partial charge in [-0.15, -0.1) is 0 Å². The van der Waals surface area contributed by atoms with E-state index in [1.54, 1.807) is 13.8 Å². The molecule has 0 aromatic heterocycles. The molecule has 0 aliphatic carbocycles. The van der Waals surface area contributed by atoms with Crippen LogP contribution in [0.3, 0.4) is 0 Å². The zero-order chi connectivity index (χ0) is 11.6. The van der Waals surface area contributed by atoms with E-state index >= 15 is 0 Å². The van der Waals surface area contributed by atoms with Crippen molar-refractivity contribution in [2.75, 3.05) is 5.75 Å². The minimum absolute atomic E-state index is 0.132. The van der Waals surface area contributed by atoms with Crippen molar-refractivity contribution in [3.63, 3.8) is 0 Å². The maximum Gasteiger partial charge on any atom is 0.186 e. The summed E-state index contributed by atoms with van der Waals surface area (Å²) in [7, 11) is 0. The first kappa shape index (κ1) is 13.2. The van der Waals surface area contributed by atoms with Gasteiger partial charge in [-0.1, -0.05) is 0 Å². The summed E-state index contributed by atoms with van der Waals surface area (Å²) < 4.78 is 10.6. The summed E-state index contributed by atoms with van der Waals surface area (Å²) in [5, 5.41) is 28.6. The number of hydrogen-bond acceptors (Lipinski definition) is 6. The number of thiol groups is 1. The van der Waals surface area contributed by atoms with Crippen LogP contribution in [-0.2, 0) is 9.47 Å². The summed E-state index contributed by atoms with van der Waals surface area (Å²) in [5.41, 5.74) is 0. The average Bonchev–Trinajstić information content (AvgIpc) is 2.18. The highest BCUT2D eigenvalue weighted by molar-refractivity contribution is 7.80. The van der Waals surface area contributed by atoms with Crippen LogP contribution in [0.25, 0.3) is 0 Å². The van der Waals surface area contributed by atoms with Crippen molar-refractivity contribution >= 4 is 12.6 Å². The van der Waals surface area contributed by atoms with Crippen molar-refractivity contribution in [3.8, 4) is 0 Å². The maximum atomic E-state index is 9.59. The standard InChI is InChI=1S/C9H18O5S/c1-4(2)13-9-8(12)7(11)6(10)5(3-15)14-9/h4-12,15H,3H2,1-2H3/t5-,6+,7+,8-,9+/m0/s1. The molecule has 1 fully saturated rings. The van der Waals surface area contributed by atoms with Crippen LogP contribution in [0, 0.1) is 0 Å². The van der Waals surface area contributed by atoms with E-state index in [1.165, 1.54) is 0 Å². The van der Waals surface area contributed by atoms with Gasteiger partial charge in [0.15, 0.2) is 6.29 Å². The second-order valence-electron chi connectivity index (χ2n) is 3.88. The van der Waals surface area contributed by atoms with E-state index in [0.29, 0.717) is 0 Å². The normalized spacial score (nSPS) is 42.2. The lowest BCUT2D eigenvalue weighted by molar-refractivity contribution is -0.300. The molecule has 1 heterocycles. The highest BCUT2D eigenvalue weighted by Crippen LogP contribution is 2.23. The van der Waals surface area contributed by atoms with Gasteiger partial charge in [0.25, 0.3) is 0 Å². The van der Waals surface area contributed by atoms with Crippen LogP contribution >= 0.6 is 12.6 Å². The van der Waals surface area contributed by atoms with Crippen LogP contribution in [0.4, 0.5) is 0 Å². The monoisotopic (exact) mass is 238 g/mol. The van der Waals surface area contributed by atoms with Gasteiger partial charge in [-0.25, -0.2) is 0 Å². The Balaban J connectivity index is 2.65. The molecule has 0 unspecified atom stereocenters. The molecule has 1 saturated heterocycles. The van der Waals surface area contributed by atoms with E-state index in [0.717, 1.165) is 0 Å². The molecule has 0 amide bonds.